The van der Waals surface area contributed by atoms with Crippen molar-refractivity contribution in [2.45, 2.75) is 30.2 Å². The standard InChI is InChI=1S/C19H23N3O4S/c23-22(24)17-10-7-11-18(14-17)27(25,26)20-15-19(16-8-3-1-4-9-16)21-12-5-2-6-13-21/h1,3-4,7-11,14,19-20H,2,5-6,12-13,15H2. The number of nitrogens with zero attached hydrogens (tertiary/aromatic N) is 2. The van der Waals surface area contributed by atoms with Crippen LogP contribution in [-0.4, -0.2) is 37.9 Å². The molecular weight excluding hydrogens is 366 g/mol. The van der Waals surface area contributed by atoms with Crippen LogP contribution in [0.2, 0.25) is 0 Å². The van der Waals surface area contributed by atoms with E-state index < -0.39 is 14.9 Å². The van der Waals surface area contributed by atoms with E-state index in [1.54, 1.807) is 0 Å². The lowest BCUT2D eigenvalue weighted by Crippen LogP contribution is -2.40. The number of rotatable bonds is 7. The van der Waals surface area contributed by atoms with Gasteiger partial charge >= 0.3 is 0 Å². The Bertz CT molecular complexity index is 881. The first kappa shape index (κ1) is 19.5. The van der Waals surface area contributed by atoms with E-state index in [-0.39, 0.29) is 23.2 Å². The Hall–Kier alpha value is -2.29. The zero-order valence-corrected chi connectivity index (χ0v) is 15.8. The van der Waals surface area contributed by atoms with Gasteiger partial charge in [-0.1, -0.05) is 42.8 Å². The SMILES string of the molecule is O=[N+]([O-])c1cccc(S(=O)(=O)NCC(c2ccccc2)N2CCCCC2)c1. The Labute approximate surface area is 159 Å². The molecule has 0 aromatic heterocycles. The van der Waals surface area contributed by atoms with E-state index in [0.717, 1.165) is 37.6 Å². The van der Waals surface area contributed by atoms with E-state index in [1.165, 1.54) is 24.6 Å². The van der Waals surface area contributed by atoms with Crippen LogP contribution in [0, 0.1) is 10.1 Å². The van der Waals surface area contributed by atoms with Crippen molar-refractivity contribution in [2.24, 2.45) is 0 Å². The normalized spacial score (nSPS) is 16.7. The summed E-state index contributed by atoms with van der Waals surface area (Å²) in [5, 5.41) is 10.9. The van der Waals surface area contributed by atoms with Gasteiger partial charge in [0.2, 0.25) is 10.0 Å². The van der Waals surface area contributed by atoms with Gasteiger partial charge in [-0.05, 0) is 37.6 Å². The van der Waals surface area contributed by atoms with Crippen molar-refractivity contribution in [1.29, 1.82) is 0 Å². The molecule has 8 heteroatoms. The predicted octanol–water partition coefficient (Wildman–Crippen LogP) is 3.10. The first-order chi connectivity index (χ1) is 13.0. The Morgan fingerprint density at radius 3 is 2.41 bits per heavy atom. The molecule has 3 rings (SSSR count). The summed E-state index contributed by atoms with van der Waals surface area (Å²) in [6, 6.07) is 14.9. The molecule has 1 heterocycles. The van der Waals surface area contributed by atoms with Gasteiger partial charge in [0, 0.05) is 24.7 Å². The van der Waals surface area contributed by atoms with E-state index in [9.17, 15) is 18.5 Å². The van der Waals surface area contributed by atoms with Gasteiger partial charge in [-0.2, -0.15) is 0 Å². The van der Waals surface area contributed by atoms with Crippen molar-refractivity contribution in [2.75, 3.05) is 19.6 Å². The van der Waals surface area contributed by atoms with Gasteiger partial charge in [-0.25, -0.2) is 13.1 Å². The van der Waals surface area contributed by atoms with Gasteiger partial charge in [0.05, 0.1) is 9.82 Å². The lowest BCUT2D eigenvalue weighted by Gasteiger charge is -2.35. The highest BCUT2D eigenvalue weighted by molar-refractivity contribution is 7.89. The second-order valence-electron chi connectivity index (χ2n) is 6.63. The van der Waals surface area contributed by atoms with Gasteiger partial charge in [0.15, 0.2) is 0 Å². The van der Waals surface area contributed by atoms with Crippen LogP contribution in [0.15, 0.2) is 59.5 Å². The molecule has 1 fully saturated rings. The first-order valence-electron chi connectivity index (χ1n) is 9.00. The van der Waals surface area contributed by atoms with Gasteiger partial charge in [-0.15, -0.1) is 0 Å². The smallest absolute Gasteiger partial charge is 0.270 e. The van der Waals surface area contributed by atoms with Crippen molar-refractivity contribution in [1.82, 2.24) is 9.62 Å². The van der Waals surface area contributed by atoms with E-state index >= 15 is 0 Å². The number of nitrogens with one attached hydrogen (secondary N) is 1. The summed E-state index contributed by atoms with van der Waals surface area (Å²) >= 11 is 0. The third-order valence-electron chi connectivity index (χ3n) is 4.82. The maximum absolute atomic E-state index is 12.7. The predicted molar refractivity (Wildman–Crippen MR) is 103 cm³/mol. The van der Waals surface area contributed by atoms with Crippen LogP contribution in [0.25, 0.3) is 0 Å². The van der Waals surface area contributed by atoms with Crippen molar-refractivity contribution in [3.05, 3.63) is 70.3 Å². The molecule has 27 heavy (non-hydrogen) atoms. The molecule has 0 amide bonds. The number of likely N-dealkylation sites (tertiary alicyclic amines) is 1. The van der Waals surface area contributed by atoms with Crippen molar-refractivity contribution in [3.8, 4) is 0 Å². The number of nitro benzene ring substituents is 1. The molecule has 1 aliphatic heterocycles. The van der Waals surface area contributed by atoms with Crippen LogP contribution in [0.5, 0.6) is 0 Å². The minimum Gasteiger partial charge on any atom is -0.295 e. The largest absolute Gasteiger partial charge is 0.295 e. The zero-order valence-electron chi connectivity index (χ0n) is 15.0. The van der Waals surface area contributed by atoms with Crippen molar-refractivity contribution >= 4 is 15.7 Å². The van der Waals surface area contributed by atoms with Crippen LogP contribution in [-0.2, 0) is 10.0 Å². The van der Waals surface area contributed by atoms with Gasteiger partial charge < -0.3 is 0 Å². The molecule has 144 valence electrons. The topological polar surface area (TPSA) is 92.5 Å². The number of hydrogen-bond acceptors (Lipinski definition) is 5. The summed E-state index contributed by atoms with van der Waals surface area (Å²) in [4.78, 5) is 12.5. The fraction of sp³-hybridized carbons (Fsp3) is 0.368. The zero-order chi connectivity index (χ0) is 19.3. The van der Waals surface area contributed by atoms with Crippen LogP contribution < -0.4 is 4.72 Å². The summed E-state index contributed by atoms with van der Waals surface area (Å²) < 4.78 is 28.0. The summed E-state index contributed by atoms with van der Waals surface area (Å²) in [5.41, 5.74) is 0.814. The summed E-state index contributed by atoms with van der Waals surface area (Å²) in [5.74, 6) is 0. The van der Waals surface area contributed by atoms with Crippen LogP contribution in [0.4, 0.5) is 5.69 Å². The maximum Gasteiger partial charge on any atom is 0.270 e. The first-order valence-corrected chi connectivity index (χ1v) is 10.5. The average Bonchev–Trinajstić information content (AvgIpc) is 2.70. The van der Waals surface area contributed by atoms with E-state index in [0.29, 0.717) is 0 Å². The second kappa shape index (κ2) is 8.60. The molecule has 0 spiro atoms. The highest BCUT2D eigenvalue weighted by Crippen LogP contribution is 2.25. The maximum atomic E-state index is 12.7. The minimum absolute atomic E-state index is 0.0695. The Balaban J connectivity index is 1.80. The molecule has 1 saturated heterocycles. The van der Waals surface area contributed by atoms with Crippen LogP contribution in [0.3, 0.4) is 0 Å². The fourth-order valence-electron chi connectivity index (χ4n) is 3.40. The molecule has 2 aromatic rings. The number of non-ortho nitro benzene ring substituents is 1. The molecule has 1 atom stereocenters. The van der Waals surface area contributed by atoms with E-state index in [4.69, 9.17) is 0 Å². The minimum atomic E-state index is -3.84. The molecule has 0 aliphatic carbocycles. The molecule has 0 bridgehead atoms. The number of piperidine rings is 1. The molecule has 7 nitrogen and oxygen atoms in total. The van der Waals surface area contributed by atoms with Crippen LogP contribution >= 0.6 is 0 Å². The number of nitro groups is 1. The Kier molecular flexibility index (Phi) is 6.20. The van der Waals surface area contributed by atoms with Crippen molar-refractivity contribution < 1.29 is 13.3 Å². The third-order valence-corrected chi connectivity index (χ3v) is 6.24. The van der Waals surface area contributed by atoms with Crippen molar-refractivity contribution in [3.63, 3.8) is 0 Å². The van der Waals surface area contributed by atoms with Crippen LogP contribution in [0.1, 0.15) is 30.9 Å². The highest BCUT2D eigenvalue weighted by atomic mass is 32.2. The third kappa shape index (κ3) is 4.91. The van der Waals surface area contributed by atoms with Gasteiger partial charge in [0.25, 0.3) is 5.69 Å². The Morgan fingerprint density at radius 2 is 1.74 bits per heavy atom. The number of hydrogen-bond donors (Lipinski definition) is 1. The molecule has 2 aromatic carbocycles. The number of benzene rings is 2. The fourth-order valence-corrected chi connectivity index (χ4v) is 4.48. The molecule has 0 radical (unpaired) electrons. The molecule has 1 unspecified atom stereocenters. The van der Waals surface area contributed by atoms with Gasteiger partial charge in [-0.3, -0.25) is 15.0 Å². The summed E-state index contributed by atoms with van der Waals surface area (Å²) in [6.07, 6.45) is 3.39. The molecule has 1 N–H and O–H groups in total. The summed E-state index contributed by atoms with van der Waals surface area (Å²) in [7, 11) is -3.84. The lowest BCUT2D eigenvalue weighted by atomic mass is 10.0. The Morgan fingerprint density at radius 1 is 1.04 bits per heavy atom. The average molecular weight is 389 g/mol. The number of sulfonamides is 1. The lowest BCUT2D eigenvalue weighted by molar-refractivity contribution is -0.385. The van der Waals surface area contributed by atoms with E-state index in [1.807, 2.05) is 30.3 Å². The van der Waals surface area contributed by atoms with E-state index in [2.05, 4.69) is 9.62 Å². The molecular formula is C19H23N3O4S. The quantitative estimate of drug-likeness (QED) is 0.580. The molecule has 1 aliphatic rings. The summed E-state index contributed by atoms with van der Waals surface area (Å²) in [6.45, 7) is 2.07. The highest BCUT2D eigenvalue weighted by Gasteiger charge is 2.25. The molecule has 0 saturated carbocycles. The monoisotopic (exact) mass is 389 g/mol. The second-order valence-corrected chi connectivity index (χ2v) is 8.40. The van der Waals surface area contributed by atoms with Gasteiger partial charge in [0.1, 0.15) is 0 Å².